The molecule has 302 valence electrons. The summed E-state index contributed by atoms with van der Waals surface area (Å²) in [7, 11) is 0. The lowest BCUT2D eigenvalue weighted by atomic mass is 9.40. The minimum atomic E-state index is 0.111. The number of fused-ring (bicyclic) bond motifs is 14. The van der Waals surface area contributed by atoms with E-state index in [1.807, 2.05) is 0 Å². The lowest BCUT2D eigenvalue weighted by Gasteiger charge is -2.63. The monoisotopic (exact) mass is 800 g/mol. The zero-order valence-electron chi connectivity index (χ0n) is 35.6. The van der Waals surface area contributed by atoms with Crippen LogP contribution in [-0.2, 0) is 10.8 Å². The van der Waals surface area contributed by atoms with E-state index in [9.17, 15) is 0 Å². The van der Waals surface area contributed by atoms with Gasteiger partial charge in [0.1, 0.15) is 0 Å². The van der Waals surface area contributed by atoms with E-state index in [1.54, 1.807) is 22.3 Å². The van der Waals surface area contributed by atoms with E-state index in [1.165, 1.54) is 118 Å². The molecule has 8 aromatic rings. The van der Waals surface area contributed by atoms with Crippen LogP contribution in [0.2, 0.25) is 0 Å². The molecule has 6 fully saturated rings. The third-order valence-electron chi connectivity index (χ3n) is 18.6. The number of benzene rings is 7. The third kappa shape index (κ3) is 4.18. The maximum atomic E-state index is 2.67. The van der Waals surface area contributed by atoms with Crippen LogP contribution in [0, 0.1) is 41.4 Å². The molecule has 6 saturated carbocycles. The second-order valence-electron chi connectivity index (χ2n) is 20.9. The average Bonchev–Trinajstić information content (AvgIpc) is 4.13. The van der Waals surface area contributed by atoms with Crippen molar-refractivity contribution in [2.45, 2.75) is 69.1 Å². The molecule has 62 heavy (non-hydrogen) atoms. The summed E-state index contributed by atoms with van der Waals surface area (Å²) < 4.78 is 2.48. The van der Waals surface area contributed by atoms with Crippen LogP contribution in [0.4, 0.5) is 17.1 Å². The van der Waals surface area contributed by atoms with Gasteiger partial charge in [-0.25, -0.2) is 0 Å². The molecule has 7 aromatic carbocycles. The van der Waals surface area contributed by atoms with Gasteiger partial charge in [0.05, 0.1) is 16.7 Å². The number of anilines is 3. The fraction of sp³-hybridized carbons (Fsp3) is 0.300. The largest absolute Gasteiger partial charge is 0.310 e. The van der Waals surface area contributed by atoms with Crippen molar-refractivity contribution in [2.24, 2.45) is 41.4 Å². The predicted octanol–water partition coefficient (Wildman–Crippen LogP) is 15.3. The van der Waals surface area contributed by atoms with E-state index in [0.29, 0.717) is 5.92 Å². The van der Waals surface area contributed by atoms with Gasteiger partial charge in [0.2, 0.25) is 0 Å². The number of para-hydroxylation sites is 2. The molecule has 8 unspecified atom stereocenters. The first-order valence-corrected chi connectivity index (χ1v) is 24.0. The highest BCUT2D eigenvalue weighted by Gasteiger charge is 2.64. The Morgan fingerprint density at radius 1 is 0.516 bits per heavy atom. The van der Waals surface area contributed by atoms with Gasteiger partial charge < -0.3 is 9.47 Å². The molecule has 0 saturated heterocycles. The number of nitrogens with zero attached hydrogens (tertiary/aromatic N) is 2. The van der Waals surface area contributed by atoms with E-state index in [-0.39, 0.29) is 10.8 Å². The molecule has 1 aromatic heterocycles. The Morgan fingerprint density at radius 3 is 2.11 bits per heavy atom. The summed E-state index contributed by atoms with van der Waals surface area (Å²) in [6, 6.07) is 61.6. The second-order valence-corrected chi connectivity index (χ2v) is 20.9. The number of rotatable bonds is 4. The van der Waals surface area contributed by atoms with Gasteiger partial charge in [-0.1, -0.05) is 123 Å². The van der Waals surface area contributed by atoms with Crippen LogP contribution in [0.25, 0.3) is 49.7 Å². The molecule has 9 atom stereocenters. The number of hydrogen-bond donors (Lipinski definition) is 0. The Bertz CT molecular complexity index is 3190. The molecular formula is C60H52N2. The van der Waals surface area contributed by atoms with Crippen molar-refractivity contribution in [3.63, 3.8) is 0 Å². The smallest absolute Gasteiger partial charge is 0.0561 e. The summed E-state index contributed by atoms with van der Waals surface area (Å²) in [6.07, 6.45) is 11.1. The highest BCUT2D eigenvalue weighted by molar-refractivity contribution is 6.11. The Hall–Kier alpha value is -5.86. The molecule has 0 radical (unpaired) electrons. The van der Waals surface area contributed by atoms with Gasteiger partial charge in [0.25, 0.3) is 0 Å². The molecule has 0 N–H and O–H groups in total. The van der Waals surface area contributed by atoms with Crippen molar-refractivity contribution in [3.8, 4) is 27.9 Å². The first-order valence-electron chi connectivity index (χ1n) is 24.0. The second kappa shape index (κ2) is 12.2. The molecule has 6 bridgehead atoms. The number of hydrogen-bond acceptors (Lipinski definition) is 1. The van der Waals surface area contributed by atoms with Crippen LogP contribution in [0.3, 0.4) is 0 Å². The normalized spacial score (nSPS) is 30.1. The number of aromatic nitrogens is 1. The maximum Gasteiger partial charge on any atom is 0.0561 e. The van der Waals surface area contributed by atoms with Gasteiger partial charge in [0.15, 0.2) is 0 Å². The Labute approximate surface area is 365 Å². The summed E-state index contributed by atoms with van der Waals surface area (Å²) in [5.41, 5.74) is 19.9. The predicted molar refractivity (Wildman–Crippen MR) is 255 cm³/mol. The fourth-order valence-electron chi connectivity index (χ4n) is 16.6. The lowest BCUT2D eigenvalue weighted by Crippen LogP contribution is -2.58. The van der Waals surface area contributed by atoms with Crippen molar-refractivity contribution in [3.05, 3.63) is 180 Å². The zero-order chi connectivity index (χ0) is 40.5. The van der Waals surface area contributed by atoms with Crippen LogP contribution >= 0.6 is 0 Å². The molecule has 0 aliphatic heterocycles. The highest BCUT2D eigenvalue weighted by atomic mass is 15.1. The van der Waals surface area contributed by atoms with Crippen molar-refractivity contribution < 1.29 is 0 Å². The van der Waals surface area contributed by atoms with Crippen molar-refractivity contribution >= 4 is 38.9 Å². The summed E-state index contributed by atoms with van der Waals surface area (Å²) in [5.74, 6) is 5.59. The van der Waals surface area contributed by atoms with Crippen LogP contribution < -0.4 is 4.90 Å². The minimum absolute atomic E-state index is 0.111. The van der Waals surface area contributed by atoms with Gasteiger partial charge in [-0.05, 0) is 174 Å². The van der Waals surface area contributed by atoms with E-state index < -0.39 is 0 Å². The van der Waals surface area contributed by atoms with Crippen LogP contribution in [0.1, 0.15) is 80.5 Å². The van der Waals surface area contributed by atoms with E-state index >= 15 is 0 Å². The summed E-state index contributed by atoms with van der Waals surface area (Å²) in [6.45, 7) is 2.62. The van der Waals surface area contributed by atoms with Gasteiger partial charge in [-0.3, -0.25) is 0 Å². The lowest BCUT2D eigenvalue weighted by molar-refractivity contribution is -0.0817. The van der Waals surface area contributed by atoms with Crippen molar-refractivity contribution in [2.75, 3.05) is 4.90 Å². The molecule has 0 amide bonds. The van der Waals surface area contributed by atoms with Gasteiger partial charge in [-0.2, -0.15) is 0 Å². The topological polar surface area (TPSA) is 8.17 Å². The van der Waals surface area contributed by atoms with E-state index in [0.717, 1.165) is 35.5 Å². The molecule has 2 heteroatoms. The molecule has 2 spiro atoms. The summed E-state index contributed by atoms with van der Waals surface area (Å²) in [4.78, 5) is 2.67. The van der Waals surface area contributed by atoms with Crippen molar-refractivity contribution in [1.82, 2.24) is 4.57 Å². The van der Waals surface area contributed by atoms with Crippen LogP contribution in [0.5, 0.6) is 0 Å². The molecule has 8 aliphatic carbocycles. The zero-order valence-corrected chi connectivity index (χ0v) is 35.6. The Kier molecular flexibility index (Phi) is 6.82. The summed E-state index contributed by atoms with van der Waals surface area (Å²) in [5, 5.41) is 2.58. The van der Waals surface area contributed by atoms with Crippen molar-refractivity contribution in [1.29, 1.82) is 0 Å². The molecule has 1 heterocycles. The molecule has 2 nitrogen and oxygen atoms in total. The molecule has 16 rings (SSSR count). The first-order chi connectivity index (χ1) is 30.6. The fourth-order valence-corrected chi connectivity index (χ4v) is 16.6. The Balaban J connectivity index is 0.999. The average molecular weight is 801 g/mol. The standard InChI is InChI=1S/C60H52N2/c1-36-39-28-38-30-41(32-39)60(54(36)31-38)51-18-9-5-14-45(51)49-33-43(25-27-52(49)60)61(44-24-26-47-46-15-7-10-20-55(46)62(57(47)34-44)42-12-3-2-4-13-42)56-21-11-19-53-58(56)48-16-6-8-17-50(48)59(53)35-37-22-23-40(59)29-37/h2-21,24-27,33-34,36-41,54H,22-23,28-32,35H2,1H3/t36-,37?,38?,39?,40?,41?,54?,59?,60?/m1/s1. The molecular weight excluding hydrogens is 749 g/mol. The quantitative estimate of drug-likeness (QED) is 0.172. The summed E-state index contributed by atoms with van der Waals surface area (Å²) >= 11 is 0. The van der Waals surface area contributed by atoms with Crippen LogP contribution in [0.15, 0.2) is 158 Å². The SMILES string of the molecule is C[C@@H]1C2CC3CC(C2)C2(c4ccccc4-c4cc(N(c5ccc6c7ccccc7n(-c7ccccc7)c6c5)c5cccc6c5-c5ccccc5C65CC6CCC5C6)ccc42)C1C3. The maximum absolute atomic E-state index is 2.67. The first kappa shape index (κ1) is 34.7. The highest BCUT2D eigenvalue weighted by Crippen LogP contribution is 2.72. The van der Waals surface area contributed by atoms with Gasteiger partial charge >= 0.3 is 0 Å². The van der Waals surface area contributed by atoms with Gasteiger partial charge in [-0.15, -0.1) is 0 Å². The third-order valence-corrected chi connectivity index (χ3v) is 18.6. The van der Waals surface area contributed by atoms with E-state index in [4.69, 9.17) is 0 Å². The van der Waals surface area contributed by atoms with Crippen LogP contribution in [-0.4, -0.2) is 4.57 Å². The Morgan fingerprint density at radius 2 is 1.24 bits per heavy atom. The van der Waals surface area contributed by atoms with Gasteiger partial charge in [0, 0.05) is 44.2 Å². The minimum Gasteiger partial charge on any atom is -0.310 e. The molecule has 8 aliphatic rings. The van der Waals surface area contributed by atoms with E-state index in [2.05, 4.69) is 174 Å².